The summed E-state index contributed by atoms with van der Waals surface area (Å²) in [5.74, 6) is 1.55. The van der Waals surface area contributed by atoms with E-state index in [0.29, 0.717) is 0 Å². The predicted octanol–water partition coefficient (Wildman–Crippen LogP) is 2.41. The third-order valence-electron chi connectivity index (χ3n) is 5.30. The molecule has 0 radical (unpaired) electrons. The first-order chi connectivity index (χ1) is 12.1. The number of hydrogen-bond donors (Lipinski definition) is 1. The maximum atomic E-state index is 4.89. The van der Waals surface area contributed by atoms with Crippen LogP contribution in [0.15, 0.2) is 18.7 Å². The SMILES string of the molecule is Cn1cc(Nc2nc(N3CCCC3)nc3c2ncn3C2(C)CC2)cn1. The van der Waals surface area contributed by atoms with Gasteiger partial charge in [-0.1, -0.05) is 0 Å². The fourth-order valence-corrected chi connectivity index (χ4v) is 3.47. The summed E-state index contributed by atoms with van der Waals surface area (Å²) in [6.07, 6.45) is 10.4. The number of nitrogens with one attached hydrogen (secondary N) is 1. The molecule has 1 aliphatic carbocycles. The first-order valence-electron chi connectivity index (χ1n) is 8.89. The molecule has 2 fully saturated rings. The summed E-state index contributed by atoms with van der Waals surface area (Å²) < 4.78 is 3.99. The van der Waals surface area contributed by atoms with Crippen LogP contribution in [-0.4, -0.2) is 42.4 Å². The number of aryl methyl sites for hydroxylation is 1. The second kappa shape index (κ2) is 5.18. The minimum atomic E-state index is 0.150. The fourth-order valence-electron chi connectivity index (χ4n) is 3.47. The third kappa shape index (κ3) is 2.43. The second-order valence-electron chi connectivity index (χ2n) is 7.38. The normalized spacial score (nSPS) is 18.9. The molecule has 1 saturated heterocycles. The van der Waals surface area contributed by atoms with E-state index >= 15 is 0 Å². The van der Waals surface area contributed by atoms with Crippen molar-refractivity contribution in [1.29, 1.82) is 0 Å². The van der Waals surface area contributed by atoms with E-state index in [4.69, 9.17) is 9.97 Å². The van der Waals surface area contributed by atoms with Gasteiger partial charge in [0.15, 0.2) is 17.0 Å². The maximum absolute atomic E-state index is 4.89. The van der Waals surface area contributed by atoms with Gasteiger partial charge in [0, 0.05) is 31.9 Å². The zero-order chi connectivity index (χ0) is 17.0. The van der Waals surface area contributed by atoms with Gasteiger partial charge >= 0.3 is 0 Å². The summed E-state index contributed by atoms with van der Waals surface area (Å²) in [5, 5.41) is 7.60. The molecule has 0 bridgehead atoms. The Bertz CT molecular complexity index is 929. The lowest BCUT2D eigenvalue weighted by Gasteiger charge is -2.18. The number of imidazole rings is 1. The Labute approximate surface area is 145 Å². The molecule has 5 rings (SSSR count). The molecule has 130 valence electrons. The van der Waals surface area contributed by atoms with E-state index in [0.717, 1.165) is 41.7 Å². The van der Waals surface area contributed by atoms with Crippen LogP contribution >= 0.6 is 0 Å². The molecule has 0 aromatic carbocycles. The van der Waals surface area contributed by atoms with Crippen molar-refractivity contribution < 1.29 is 0 Å². The quantitative estimate of drug-likeness (QED) is 0.787. The Balaban J connectivity index is 1.64. The highest BCUT2D eigenvalue weighted by Gasteiger charge is 2.41. The molecule has 0 spiro atoms. The van der Waals surface area contributed by atoms with Crippen molar-refractivity contribution in [2.24, 2.45) is 7.05 Å². The highest BCUT2D eigenvalue weighted by molar-refractivity contribution is 5.86. The van der Waals surface area contributed by atoms with Gasteiger partial charge in [0.05, 0.1) is 18.2 Å². The van der Waals surface area contributed by atoms with E-state index in [9.17, 15) is 0 Å². The molecule has 8 heteroatoms. The molecule has 0 atom stereocenters. The molecular formula is C17H22N8. The first-order valence-corrected chi connectivity index (χ1v) is 8.89. The van der Waals surface area contributed by atoms with Crippen LogP contribution in [0.3, 0.4) is 0 Å². The highest BCUT2D eigenvalue weighted by atomic mass is 15.3. The van der Waals surface area contributed by atoms with Gasteiger partial charge in [-0.2, -0.15) is 15.1 Å². The average molecular weight is 338 g/mol. The number of hydrogen-bond acceptors (Lipinski definition) is 6. The Morgan fingerprint density at radius 1 is 1.16 bits per heavy atom. The number of aromatic nitrogens is 6. The molecule has 8 nitrogen and oxygen atoms in total. The van der Waals surface area contributed by atoms with Crippen molar-refractivity contribution in [3.8, 4) is 0 Å². The molecule has 0 amide bonds. The maximum Gasteiger partial charge on any atom is 0.229 e. The summed E-state index contributed by atoms with van der Waals surface area (Å²) in [4.78, 5) is 16.6. The topological polar surface area (TPSA) is 76.7 Å². The first kappa shape index (κ1) is 14.7. The molecule has 1 N–H and O–H groups in total. The summed E-state index contributed by atoms with van der Waals surface area (Å²) >= 11 is 0. The minimum Gasteiger partial charge on any atom is -0.341 e. The van der Waals surface area contributed by atoms with Crippen LogP contribution in [0.1, 0.15) is 32.6 Å². The van der Waals surface area contributed by atoms with E-state index < -0.39 is 0 Å². The summed E-state index contributed by atoms with van der Waals surface area (Å²) in [7, 11) is 1.90. The Hall–Kier alpha value is -2.64. The summed E-state index contributed by atoms with van der Waals surface area (Å²) in [5.41, 5.74) is 2.79. The Morgan fingerprint density at radius 3 is 2.64 bits per heavy atom. The van der Waals surface area contributed by atoms with Crippen molar-refractivity contribution in [1.82, 2.24) is 29.3 Å². The zero-order valence-corrected chi connectivity index (χ0v) is 14.6. The Morgan fingerprint density at radius 2 is 1.96 bits per heavy atom. The zero-order valence-electron chi connectivity index (χ0n) is 14.6. The van der Waals surface area contributed by atoms with E-state index in [1.54, 1.807) is 10.9 Å². The third-order valence-corrected chi connectivity index (χ3v) is 5.30. The summed E-state index contributed by atoms with van der Waals surface area (Å²) in [6, 6.07) is 0. The minimum absolute atomic E-state index is 0.150. The standard InChI is InChI=1S/C17H22N8/c1-17(5-6-17)25-11-18-13-14(20-12-9-19-23(2)10-12)21-16(22-15(13)25)24-7-3-4-8-24/h9-11H,3-8H2,1-2H3,(H,20,21,22). The van der Waals surface area contributed by atoms with E-state index in [2.05, 4.69) is 31.8 Å². The number of anilines is 3. The van der Waals surface area contributed by atoms with Crippen molar-refractivity contribution in [3.63, 3.8) is 0 Å². The smallest absolute Gasteiger partial charge is 0.229 e. The molecule has 4 heterocycles. The van der Waals surface area contributed by atoms with Gasteiger partial charge in [-0.15, -0.1) is 0 Å². The molecule has 0 unspecified atom stereocenters. The fraction of sp³-hybridized carbons (Fsp3) is 0.529. The van der Waals surface area contributed by atoms with Crippen LogP contribution < -0.4 is 10.2 Å². The van der Waals surface area contributed by atoms with E-state index in [-0.39, 0.29) is 5.54 Å². The van der Waals surface area contributed by atoms with Gasteiger partial charge in [-0.05, 0) is 32.6 Å². The van der Waals surface area contributed by atoms with Gasteiger partial charge < -0.3 is 14.8 Å². The molecule has 1 aliphatic heterocycles. The molecular weight excluding hydrogens is 316 g/mol. The van der Waals surface area contributed by atoms with Crippen LogP contribution in [0.4, 0.5) is 17.5 Å². The van der Waals surface area contributed by atoms with Crippen molar-refractivity contribution >= 4 is 28.6 Å². The van der Waals surface area contributed by atoms with Gasteiger partial charge in [0.25, 0.3) is 0 Å². The molecule has 3 aromatic heterocycles. The van der Waals surface area contributed by atoms with Crippen molar-refractivity contribution in [3.05, 3.63) is 18.7 Å². The van der Waals surface area contributed by atoms with E-state index in [1.807, 2.05) is 19.6 Å². The largest absolute Gasteiger partial charge is 0.341 e. The molecule has 2 aliphatic rings. The van der Waals surface area contributed by atoms with Crippen LogP contribution in [0.5, 0.6) is 0 Å². The number of rotatable bonds is 4. The predicted molar refractivity (Wildman–Crippen MR) is 96.1 cm³/mol. The number of fused-ring (bicyclic) bond motifs is 1. The average Bonchev–Trinajstić information content (AvgIpc) is 3.07. The molecule has 1 saturated carbocycles. The van der Waals surface area contributed by atoms with Crippen LogP contribution in [-0.2, 0) is 12.6 Å². The monoisotopic (exact) mass is 338 g/mol. The molecule has 3 aromatic rings. The lowest BCUT2D eigenvalue weighted by Crippen LogP contribution is -2.21. The van der Waals surface area contributed by atoms with Crippen molar-refractivity contribution in [2.45, 2.75) is 38.1 Å². The van der Waals surface area contributed by atoms with Crippen LogP contribution in [0.25, 0.3) is 11.2 Å². The lowest BCUT2D eigenvalue weighted by atomic mass is 10.3. The van der Waals surface area contributed by atoms with Gasteiger partial charge in [-0.3, -0.25) is 4.68 Å². The van der Waals surface area contributed by atoms with Gasteiger partial charge in [0.1, 0.15) is 0 Å². The van der Waals surface area contributed by atoms with Crippen molar-refractivity contribution in [2.75, 3.05) is 23.3 Å². The van der Waals surface area contributed by atoms with Gasteiger partial charge in [0.2, 0.25) is 5.95 Å². The summed E-state index contributed by atoms with van der Waals surface area (Å²) in [6.45, 7) is 4.30. The highest BCUT2D eigenvalue weighted by Crippen LogP contribution is 2.44. The Kier molecular flexibility index (Phi) is 3.04. The van der Waals surface area contributed by atoms with Crippen LogP contribution in [0.2, 0.25) is 0 Å². The second-order valence-corrected chi connectivity index (χ2v) is 7.38. The van der Waals surface area contributed by atoms with E-state index in [1.165, 1.54) is 25.7 Å². The van der Waals surface area contributed by atoms with Gasteiger partial charge in [-0.25, -0.2) is 4.98 Å². The lowest BCUT2D eigenvalue weighted by molar-refractivity contribution is 0.544. The number of nitrogens with zero attached hydrogens (tertiary/aromatic N) is 7. The van der Waals surface area contributed by atoms with Crippen LogP contribution in [0, 0.1) is 0 Å². The molecule has 25 heavy (non-hydrogen) atoms.